The van der Waals surface area contributed by atoms with Crippen molar-refractivity contribution in [3.63, 3.8) is 0 Å². The third-order valence-corrected chi connectivity index (χ3v) is 7.84. The Bertz CT molecular complexity index is 1530. The number of nitrogens with zero attached hydrogens (tertiary/aromatic N) is 3. The molecule has 216 valence electrons. The number of aromatic nitrogens is 2. The number of aryl methyl sites for hydroxylation is 1. The van der Waals surface area contributed by atoms with Gasteiger partial charge >= 0.3 is 0 Å². The number of anilines is 1. The molecule has 2 amide bonds. The number of hydrogen-bond acceptors (Lipinski definition) is 8. The van der Waals surface area contributed by atoms with Crippen LogP contribution in [-0.2, 0) is 29.6 Å². The highest BCUT2D eigenvalue weighted by molar-refractivity contribution is 8.15. The molecule has 2 aliphatic rings. The Labute approximate surface area is 254 Å². The number of halogens is 2. The lowest BCUT2D eigenvalue weighted by Crippen LogP contribution is -2.36. The molecule has 1 unspecified atom stereocenters. The zero-order valence-electron chi connectivity index (χ0n) is 22.3. The number of nitrogens with one attached hydrogen (secondary N) is 1. The van der Waals surface area contributed by atoms with E-state index in [0.29, 0.717) is 18.8 Å². The van der Waals surface area contributed by atoms with Gasteiger partial charge in [0, 0.05) is 38.0 Å². The van der Waals surface area contributed by atoms with E-state index in [1.165, 1.54) is 0 Å². The van der Waals surface area contributed by atoms with Crippen molar-refractivity contribution in [3.8, 4) is 17.2 Å². The SMILES string of the molecule is Cl.Cl.Cn1c(COc2ccc(CC3SC(=O)NC3=O)cc2)nc2ccc(Oc3cccc(N4CCOCC4)c3)cc21. The Kier molecular flexibility index (Phi) is 10.0. The topological polar surface area (TPSA) is 94.9 Å². The van der Waals surface area contributed by atoms with Crippen LogP contribution in [0.1, 0.15) is 11.4 Å². The number of imidazole rings is 1. The van der Waals surface area contributed by atoms with Crippen LogP contribution in [0.15, 0.2) is 66.7 Å². The molecule has 0 spiro atoms. The second-order valence-electron chi connectivity index (χ2n) is 9.46. The molecule has 2 aliphatic heterocycles. The normalized spacial score (nSPS) is 16.6. The number of carbonyl (C=O) groups is 2. The Hall–Kier alpha value is -3.44. The molecule has 1 aromatic heterocycles. The molecule has 6 rings (SSSR count). The van der Waals surface area contributed by atoms with Crippen LogP contribution in [0.3, 0.4) is 0 Å². The summed E-state index contributed by atoms with van der Waals surface area (Å²) in [5.74, 6) is 2.78. The van der Waals surface area contributed by atoms with Crippen LogP contribution in [0.4, 0.5) is 10.5 Å². The van der Waals surface area contributed by atoms with E-state index in [-0.39, 0.29) is 41.2 Å². The molecule has 4 aromatic rings. The van der Waals surface area contributed by atoms with E-state index in [9.17, 15) is 9.59 Å². The molecule has 41 heavy (non-hydrogen) atoms. The van der Waals surface area contributed by atoms with Crippen molar-refractivity contribution in [1.82, 2.24) is 14.9 Å². The van der Waals surface area contributed by atoms with Crippen LogP contribution >= 0.6 is 36.6 Å². The smallest absolute Gasteiger partial charge is 0.286 e. The highest BCUT2D eigenvalue weighted by Gasteiger charge is 2.31. The van der Waals surface area contributed by atoms with E-state index in [4.69, 9.17) is 19.2 Å². The van der Waals surface area contributed by atoms with Crippen molar-refractivity contribution < 1.29 is 23.8 Å². The van der Waals surface area contributed by atoms with E-state index in [1.807, 2.05) is 66.2 Å². The summed E-state index contributed by atoms with van der Waals surface area (Å²) >= 11 is 1.03. The number of carbonyl (C=O) groups excluding carboxylic acids is 2. The monoisotopic (exact) mass is 616 g/mol. The Morgan fingerprint density at radius 2 is 1.71 bits per heavy atom. The van der Waals surface area contributed by atoms with Gasteiger partial charge in [0.25, 0.3) is 5.24 Å². The molecule has 9 nitrogen and oxygen atoms in total. The number of ether oxygens (including phenoxy) is 3. The van der Waals surface area contributed by atoms with Gasteiger partial charge in [0.05, 0.1) is 29.5 Å². The number of hydrogen-bond donors (Lipinski definition) is 1. The van der Waals surface area contributed by atoms with Crippen molar-refractivity contribution in [3.05, 3.63) is 78.1 Å². The minimum Gasteiger partial charge on any atom is -0.486 e. The molecule has 2 fully saturated rings. The van der Waals surface area contributed by atoms with E-state index in [1.54, 1.807) is 0 Å². The first kappa shape index (κ1) is 30.5. The highest BCUT2D eigenvalue weighted by Crippen LogP contribution is 2.29. The van der Waals surface area contributed by atoms with Gasteiger partial charge in [-0.25, -0.2) is 4.98 Å². The number of amides is 2. The average Bonchev–Trinajstić information content (AvgIpc) is 3.45. The molecule has 0 bridgehead atoms. The highest BCUT2D eigenvalue weighted by atomic mass is 35.5. The minimum absolute atomic E-state index is 0. The molecule has 0 saturated carbocycles. The van der Waals surface area contributed by atoms with Gasteiger partial charge in [-0.1, -0.05) is 30.0 Å². The summed E-state index contributed by atoms with van der Waals surface area (Å²) in [5, 5.41) is 1.65. The summed E-state index contributed by atoms with van der Waals surface area (Å²) in [4.78, 5) is 30.2. The van der Waals surface area contributed by atoms with Gasteiger partial charge in [0.15, 0.2) is 0 Å². The summed E-state index contributed by atoms with van der Waals surface area (Å²) in [5.41, 5.74) is 3.91. The molecule has 3 aromatic carbocycles. The molecule has 2 saturated heterocycles. The second-order valence-corrected chi connectivity index (χ2v) is 10.6. The van der Waals surface area contributed by atoms with Gasteiger partial charge in [-0.15, -0.1) is 24.8 Å². The van der Waals surface area contributed by atoms with E-state index in [0.717, 1.165) is 77.7 Å². The molecule has 1 atom stereocenters. The first-order valence-corrected chi connectivity index (χ1v) is 13.7. The van der Waals surface area contributed by atoms with Crippen LogP contribution in [0.25, 0.3) is 11.0 Å². The summed E-state index contributed by atoms with van der Waals surface area (Å²) in [6.07, 6.45) is 0.495. The van der Waals surface area contributed by atoms with Crippen molar-refractivity contribution in [2.24, 2.45) is 7.05 Å². The van der Waals surface area contributed by atoms with Gasteiger partial charge in [-0.05, 0) is 48.4 Å². The fourth-order valence-electron chi connectivity index (χ4n) is 4.72. The number of fused-ring (bicyclic) bond motifs is 1. The van der Waals surface area contributed by atoms with Crippen molar-refractivity contribution in [2.45, 2.75) is 18.3 Å². The lowest BCUT2D eigenvalue weighted by atomic mass is 10.1. The molecular weight excluding hydrogens is 587 g/mol. The maximum absolute atomic E-state index is 11.8. The van der Waals surface area contributed by atoms with Gasteiger partial charge in [-0.3, -0.25) is 14.9 Å². The molecular formula is C29H30Cl2N4O5S. The minimum atomic E-state index is -0.383. The summed E-state index contributed by atoms with van der Waals surface area (Å²) in [6.45, 7) is 3.53. The molecule has 0 radical (unpaired) electrons. The maximum Gasteiger partial charge on any atom is 0.286 e. The Morgan fingerprint density at radius 1 is 0.976 bits per heavy atom. The fraction of sp³-hybridized carbons (Fsp3) is 0.276. The zero-order valence-corrected chi connectivity index (χ0v) is 24.7. The van der Waals surface area contributed by atoms with Gasteiger partial charge in [-0.2, -0.15) is 0 Å². The van der Waals surface area contributed by atoms with E-state index < -0.39 is 0 Å². The first-order valence-electron chi connectivity index (χ1n) is 12.8. The van der Waals surface area contributed by atoms with Crippen LogP contribution in [0.5, 0.6) is 17.2 Å². The fourth-order valence-corrected chi connectivity index (χ4v) is 5.58. The van der Waals surface area contributed by atoms with Crippen LogP contribution in [0, 0.1) is 0 Å². The largest absolute Gasteiger partial charge is 0.486 e. The van der Waals surface area contributed by atoms with Gasteiger partial charge < -0.3 is 23.7 Å². The van der Waals surface area contributed by atoms with Crippen molar-refractivity contribution in [2.75, 3.05) is 31.2 Å². The Balaban J connectivity index is 0.00000194. The third kappa shape index (κ3) is 7.08. The van der Waals surface area contributed by atoms with Crippen LogP contribution in [0.2, 0.25) is 0 Å². The first-order chi connectivity index (χ1) is 19.0. The number of morpholine rings is 1. The molecule has 12 heteroatoms. The number of rotatable bonds is 8. The van der Waals surface area contributed by atoms with E-state index in [2.05, 4.69) is 22.3 Å². The van der Waals surface area contributed by atoms with Gasteiger partial charge in [0.2, 0.25) is 5.91 Å². The number of benzene rings is 3. The Morgan fingerprint density at radius 3 is 2.44 bits per heavy atom. The number of imide groups is 1. The van der Waals surface area contributed by atoms with Crippen LogP contribution < -0.4 is 19.7 Å². The standard InChI is InChI=1S/C29H28N4O5S.2ClH/c1-32-25-17-23(38-22-4-2-3-20(16-22)33-11-13-36-14-12-33)9-10-24(25)30-27(32)18-37-21-7-5-19(6-8-21)15-26-28(34)31-29(35)39-26;;/h2-10,16-17,26H,11-15,18H2,1H3,(H,31,34,35);2*1H. The molecule has 1 N–H and O–H groups in total. The zero-order chi connectivity index (χ0) is 26.8. The van der Waals surface area contributed by atoms with Crippen molar-refractivity contribution >= 4 is 64.4 Å². The average molecular weight is 618 g/mol. The molecule has 3 heterocycles. The number of thioether (sulfide) groups is 1. The van der Waals surface area contributed by atoms with Crippen molar-refractivity contribution in [1.29, 1.82) is 0 Å². The van der Waals surface area contributed by atoms with Gasteiger partial charge in [0.1, 0.15) is 29.7 Å². The molecule has 0 aliphatic carbocycles. The predicted octanol–water partition coefficient (Wildman–Crippen LogP) is 5.52. The lowest BCUT2D eigenvalue weighted by molar-refractivity contribution is -0.118. The summed E-state index contributed by atoms with van der Waals surface area (Å²) in [7, 11) is 1.96. The predicted molar refractivity (Wildman–Crippen MR) is 164 cm³/mol. The third-order valence-electron chi connectivity index (χ3n) is 6.85. The summed E-state index contributed by atoms with van der Waals surface area (Å²) in [6, 6.07) is 21.6. The second kappa shape index (κ2) is 13.5. The van der Waals surface area contributed by atoms with Crippen LogP contribution in [-0.4, -0.2) is 52.3 Å². The quantitative estimate of drug-likeness (QED) is 0.276. The lowest BCUT2D eigenvalue weighted by Gasteiger charge is -2.29. The summed E-state index contributed by atoms with van der Waals surface area (Å²) < 4.78 is 19.7. The maximum atomic E-state index is 11.8. The van der Waals surface area contributed by atoms with E-state index >= 15 is 0 Å².